The van der Waals surface area contributed by atoms with Gasteiger partial charge in [0.1, 0.15) is 11.5 Å². The van der Waals surface area contributed by atoms with Gasteiger partial charge in [-0.05, 0) is 26.3 Å². The van der Waals surface area contributed by atoms with E-state index in [9.17, 15) is 9.59 Å². The molecule has 1 aromatic rings. The lowest BCUT2D eigenvalue weighted by molar-refractivity contribution is -0.121. The molecule has 0 aromatic carbocycles. The number of rotatable bonds is 11. The highest BCUT2D eigenvalue weighted by atomic mass is 16.5. The smallest absolute Gasteiger partial charge is 0.257 e. The second-order valence-corrected chi connectivity index (χ2v) is 5.92. The van der Waals surface area contributed by atoms with Gasteiger partial charge >= 0.3 is 0 Å². The zero-order chi connectivity index (χ0) is 17.9. The molecule has 24 heavy (non-hydrogen) atoms. The van der Waals surface area contributed by atoms with Crippen molar-refractivity contribution in [3.63, 3.8) is 0 Å². The van der Waals surface area contributed by atoms with Gasteiger partial charge in [-0.1, -0.05) is 19.8 Å². The highest BCUT2D eigenvalue weighted by Crippen LogP contribution is 2.17. The minimum Gasteiger partial charge on any atom is -0.466 e. The number of methoxy groups -OCH3 is 1. The number of hydrogen-bond donors (Lipinski definition) is 1. The van der Waals surface area contributed by atoms with Crippen LogP contribution in [0, 0.1) is 13.8 Å². The summed E-state index contributed by atoms with van der Waals surface area (Å²) in [5.74, 6) is 1.22. The maximum atomic E-state index is 12.8. The Balaban J connectivity index is 2.64. The van der Waals surface area contributed by atoms with Gasteiger partial charge in [-0.25, -0.2) is 0 Å². The maximum absolute atomic E-state index is 12.8. The highest BCUT2D eigenvalue weighted by Gasteiger charge is 2.20. The Morgan fingerprint density at radius 2 is 2.00 bits per heavy atom. The summed E-state index contributed by atoms with van der Waals surface area (Å²) in [7, 11) is 1.59. The molecule has 6 heteroatoms. The molecule has 0 bridgehead atoms. The molecule has 0 radical (unpaired) electrons. The molecule has 0 aliphatic heterocycles. The van der Waals surface area contributed by atoms with Gasteiger partial charge in [0, 0.05) is 33.2 Å². The van der Waals surface area contributed by atoms with Crippen molar-refractivity contribution in [3.05, 3.63) is 23.2 Å². The molecular weight excluding hydrogens is 308 g/mol. The quantitative estimate of drug-likeness (QED) is 0.630. The van der Waals surface area contributed by atoms with E-state index >= 15 is 0 Å². The number of amides is 2. The number of carbonyl (C=O) groups is 2. The Bertz CT molecular complexity index is 525. The minimum absolute atomic E-state index is 0.0647. The molecule has 0 fully saturated rings. The van der Waals surface area contributed by atoms with Gasteiger partial charge in [-0.2, -0.15) is 0 Å². The van der Waals surface area contributed by atoms with Crippen LogP contribution in [0.15, 0.2) is 10.5 Å². The number of furan rings is 1. The van der Waals surface area contributed by atoms with Crippen molar-refractivity contribution in [1.29, 1.82) is 0 Å². The number of hydrogen-bond acceptors (Lipinski definition) is 4. The normalized spacial score (nSPS) is 10.7. The third-order valence-corrected chi connectivity index (χ3v) is 3.83. The van der Waals surface area contributed by atoms with Gasteiger partial charge in [0.25, 0.3) is 5.91 Å². The molecule has 1 rings (SSSR count). The number of carbonyl (C=O) groups excluding carboxylic acids is 2. The van der Waals surface area contributed by atoms with E-state index in [1.165, 1.54) is 0 Å². The van der Waals surface area contributed by atoms with Crippen molar-refractivity contribution in [2.24, 2.45) is 0 Å². The van der Waals surface area contributed by atoms with Crippen LogP contribution in [0.4, 0.5) is 0 Å². The summed E-state index contributed by atoms with van der Waals surface area (Å²) in [6, 6.07) is 1.77. The Morgan fingerprint density at radius 3 is 2.58 bits per heavy atom. The first-order valence-electron chi connectivity index (χ1n) is 8.61. The van der Waals surface area contributed by atoms with Crippen molar-refractivity contribution in [2.45, 2.75) is 46.5 Å². The van der Waals surface area contributed by atoms with E-state index in [-0.39, 0.29) is 18.2 Å². The summed E-state index contributed by atoms with van der Waals surface area (Å²) >= 11 is 0. The number of ether oxygens (including phenoxy) is 1. The SMILES string of the molecule is CCCCCN(CCC(=O)NCCOC)C(=O)c1cc(C)oc1C. The molecule has 0 aliphatic carbocycles. The first-order valence-corrected chi connectivity index (χ1v) is 8.61. The van der Waals surface area contributed by atoms with Crippen molar-refractivity contribution in [1.82, 2.24) is 10.2 Å². The van der Waals surface area contributed by atoms with Gasteiger partial charge in [0.2, 0.25) is 5.91 Å². The molecule has 0 aliphatic rings. The van der Waals surface area contributed by atoms with E-state index in [0.717, 1.165) is 25.0 Å². The van der Waals surface area contributed by atoms with Crippen LogP contribution in [0.25, 0.3) is 0 Å². The first kappa shape index (κ1) is 20.2. The predicted octanol–water partition coefficient (Wildman–Crippen LogP) is 2.68. The first-order chi connectivity index (χ1) is 11.5. The van der Waals surface area contributed by atoms with Crippen LogP contribution in [-0.4, -0.2) is 50.1 Å². The summed E-state index contributed by atoms with van der Waals surface area (Å²) in [5, 5.41) is 2.78. The second kappa shape index (κ2) is 10.9. The van der Waals surface area contributed by atoms with E-state index in [0.29, 0.717) is 37.6 Å². The van der Waals surface area contributed by atoms with E-state index in [2.05, 4.69) is 12.2 Å². The van der Waals surface area contributed by atoms with Crippen molar-refractivity contribution in [3.8, 4) is 0 Å². The van der Waals surface area contributed by atoms with Crippen LogP contribution in [0.5, 0.6) is 0 Å². The van der Waals surface area contributed by atoms with Gasteiger partial charge in [0.15, 0.2) is 0 Å². The molecule has 1 heterocycles. The van der Waals surface area contributed by atoms with Gasteiger partial charge < -0.3 is 19.4 Å². The lowest BCUT2D eigenvalue weighted by Crippen LogP contribution is -2.36. The van der Waals surface area contributed by atoms with Gasteiger partial charge in [0.05, 0.1) is 12.2 Å². The summed E-state index contributed by atoms with van der Waals surface area (Å²) in [6.07, 6.45) is 3.37. The lowest BCUT2D eigenvalue weighted by Gasteiger charge is -2.22. The fourth-order valence-corrected chi connectivity index (χ4v) is 2.50. The number of nitrogens with one attached hydrogen (secondary N) is 1. The van der Waals surface area contributed by atoms with Gasteiger partial charge in [-0.15, -0.1) is 0 Å². The summed E-state index contributed by atoms with van der Waals surface area (Å²) < 4.78 is 10.4. The molecule has 2 amide bonds. The van der Waals surface area contributed by atoms with Crippen molar-refractivity contribution in [2.75, 3.05) is 33.4 Å². The van der Waals surface area contributed by atoms with Crippen LogP contribution >= 0.6 is 0 Å². The molecule has 0 atom stereocenters. The number of unbranched alkanes of at least 4 members (excludes halogenated alkanes) is 2. The average molecular weight is 338 g/mol. The lowest BCUT2D eigenvalue weighted by atomic mass is 10.2. The van der Waals surface area contributed by atoms with Crippen LogP contribution in [0.1, 0.15) is 54.5 Å². The van der Waals surface area contributed by atoms with E-state index in [4.69, 9.17) is 9.15 Å². The standard InChI is InChI=1S/C18H30N2O4/c1-5-6-7-10-20(11-8-17(21)19-9-12-23-4)18(22)16-13-14(2)24-15(16)3/h13H,5-12H2,1-4H3,(H,19,21). The molecule has 0 saturated heterocycles. The van der Waals surface area contributed by atoms with Crippen molar-refractivity contribution >= 4 is 11.8 Å². The zero-order valence-corrected chi connectivity index (χ0v) is 15.3. The predicted molar refractivity (Wildman–Crippen MR) is 93.1 cm³/mol. The average Bonchev–Trinajstić information content (AvgIpc) is 2.89. The Hall–Kier alpha value is -1.82. The minimum atomic E-state index is -0.0690. The van der Waals surface area contributed by atoms with Crippen molar-refractivity contribution < 1.29 is 18.7 Å². The number of nitrogens with zero attached hydrogens (tertiary/aromatic N) is 1. The fourth-order valence-electron chi connectivity index (χ4n) is 2.50. The third-order valence-electron chi connectivity index (χ3n) is 3.83. The molecule has 136 valence electrons. The summed E-state index contributed by atoms with van der Waals surface area (Å²) in [6.45, 7) is 7.78. The Kier molecular flexibility index (Phi) is 9.15. The van der Waals surface area contributed by atoms with E-state index in [1.807, 2.05) is 6.92 Å². The second-order valence-electron chi connectivity index (χ2n) is 5.92. The monoisotopic (exact) mass is 338 g/mol. The Labute approximate surface area is 144 Å². The van der Waals surface area contributed by atoms with E-state index in [1.54, 1.807) is 25.0 Å². The molecule has 0 spiro atoms. The fraction of sp³-hybridized carbons (Fsp3) is 0.667. The molecule has 0 unspecified atom stereocenters. The molecular formula is C18H30N2O4. The van der Waals surface area contributed by atoms with Crippen LogP contribution < -0.4 is 5.32 Å². The largest absolute Gasteiger partial charge is 0.466 e. The third kappa shape index (κ3) is 6.74. The zero-order valence-electron chi connectivity index (χ0n) is 15.3. The number of aryl methyl sites for hydroxylation is 2. The topological polar surface area (TPSA) is 71.8 Å². The summed E-state index contributed by atoms with van der Waals surface area (Å²) in [5.41, 5.74) is 0.587. The molecule has 1 aromatic heterocycles. The van der Waals surface area contributed by atoms with Crippen LogP contribution in [0.3, 0.4) is 0 Å². The highest BCUT2D eigenvalue weighted by molar-refractivity contribution is 5.95. The molecule has 1 N–H and O–H groups in total. The Morgan fingerprint density at radius 1 is 1.25 bits per heavy atom. The summed E-state index contributed by atoms with van der Waals surface area (Å²) in [4.78, 5) is 26.4. The maximum Gasteiger partial charge on any atom is 0.257 e. The molecule has 6 nitrogen and oxygen atoms in total. The molecule has 0 saturated carbocycles. The van der Waals surface area contributed by atoms with E-state index < -0.39 is 0 Å². The van der Waals surface area contributed by atoms with Crippen LogP contribution in [-0.2, 0) is 9.53 Å². The van der Waals surface area contributed by atoms with Gasteiger partial charge in [-0.3, -0.25) is 9.59 Å². The van der Waals surface area contributed by atoms with Crippen LogP contribution in [0.2, 0.25) is 0 Å².